The summed E-state index contributed by atoms with van der Waals surface area (Å²) < 4.78 is 0. The van der Waals surface area contributed by atoms with Crippen LogP contribution in [-0.4, -0.2) is 53.5 Å². The summed E-state index contributed by atoms with van der Waals surface area (Å²) in [6, 6.07) is 0.801. The van der Waals surface area contributed by atoms with Crippen molar-refractivity contribution in [3.05, 3.63) is 23.2 Å². The smallest absolute Gasteiger partial charge is 0.258 e. The quantitative estimate of drug-likeness (QED) is 0.334. The lowest BCUT2D eigenvalue weighted by Crippen LogP contribution is -2.61. The van der Waals surface area contributed by atoms with E-state index in [4.69, 9.17) is 16.0 Å². The largest absolute Gasteiger partial charge is 0.402 e. The Bertz CT molecular complexity index is 715. The minimum atomic E-state index is -0.285. The Morgan fingerprint density at radius 1 is 1.40 bits per heavy atom. The van der Waals surface area contributed by atoms with Gasteiger partial charge in [-0.15, -0.1) is 0 Å². The van der Waals surface area contributed by atoms with Crippen molar-refractivity contribution in [2.24, 2.45) is 16.1 Å². The van der Waals surface area contributed by atoms with Crippen molar-refractivity contribution in [2.75, 3.05) is 19.7 Å². The number of allylic oxidation sites excluding steroid dienone is 1. The molecule has 6 N–H and O–H groups in total. The molecular formula is C22H38N6O2. The number of aliphatic hydroxyl groups excluding tert-OH is 1. The van der Waals surface area contributed by atoms with Crippen LogP contribution in [0.25, 0.3) is 0 Å². The molecule has 1 saturated carbocycles. The van der Waals surface area contributed by atoms with Crippen molar-refractivity contribution in [2.45, 2.75) is 77.8 Å². The van der Waals surface area contributed by atoms with Gasteiger partial charge in [-0.25, -0.2) is 5.48 Å². The summed E-state index contributed by atoms with van der Waals surface area (Å²) in [5, 5.41) is 23.2. The second-order valence-electron chi connectivity index (χ2n) is 9.00. The van der Waals surface area contributed by atoms with Gasteiger partial charge in [0, 0.05) is 36.3 Å². The van der Waals surface area contributed by atoms with Crippen LogP contribution in [0.15, 0.2) is 28.2 Å². The lowest BCUT2D eigenvalue weighted by Gasteiger charge is -2.49. The van der Waals surface area contributed by atoms with E-state index in [1.807, 2.05) is 11.8 Å². The van der Waals surface area contributed by atoms with Gasteiger partial charge in [-0.3, -0.25) is 5.41 Å². The molecule has 2 aliphatic heterocycles. The molecule has 0 radical (unpaired) electrons. The molecule has 0 aromatic heterocycles. The van der Waals surface area contributed by atoms with E-state index in [2.05, 4.69) is 22.7 Å². The normalized spacial score (nSPS) is 29.9. The molecule has 0 bridgehead atoms. The number of hydrogen-bond acceptors (Lipinski definition) is 7. The first-order valence-electron chi connectivity index (χ1n) is 11.3. The maximum Gasteiger partial charge on any atom is 0.258 e. The Hall–Kier alpha value is -2.06. The molecule has 2 heterocycles. The number of hydroxylamine groups is 1. The Labute approximate surface area is 180 Å². The van der Waals surface area contributed by atoms with E-state index in [9.17, 15) is 5.11 Å². The van der Waals surface area contributed by atoms with Gasteiger partial charge in [-0.1, -0.05) is 26.2 Å². The summed E-state index contributed by atoms with van der Waals surface area (Å²) in [7, 11) is 0. The molecule has 8 heteroatoms. The van der Waals surface area contributed by atoms with Crippen LogP contribution in [0.4, 0.5) is 0 Å². The minimum absolute atomic E-state index is 0.102. The molecule has 2 atom stereocenters. The van der Waals surface area contributed by atoms with Crippen molar-refractivity contribution in [3.8, 4) is 0 Å². The summed E-state index contributed by atoms with van der Waals surface area (Å²) in [6.45, 7) is 7.20. The molecule has 168 valence electrons. The zero-order valence-corrected chi connectivity index (χ0v) is 18.6. The van der Waals surface area contributed by atoms with Gasteiger partial charge in [-0.2, -0.15) is 4.99 Å². The van der Waals surface area contributed by atoms with Gasteiger partial charge < -0.3 is 25.9 Å². The third kappa shape index (κ3) is 4.98. The van der Waals surface area contributed by atoms with Crippen molar-refractivity contribution in [3.63, 3.8) is 0 Å². The van der Waals surface area contributed by atoms with Crippen LogP contribution in [0.5, 0.6) is 0 Å². The second-order valence-corrected chi connectivity index (χ2v) is 9.00. The van der Waals surface area contributed by atoms with Crippen molar-refractivity contribution in [1.29, 1.82) is 5.41 Å². The van der Waals surface area contributed by atoms with Gasteiger partial charge in [0.25, 0.3) is 5.88 Å². The van der Waals surface area contributed by atoms with Crippen molar-refractivity contribution >= 4 is 11.7 Å². The van der Waals surface area contributed by atoms with E-state index < -0.39 is 0 Å². The van der Waals surface area contributed by atoms with Crippen LogP contribution in [0.2, 0.25) is 0 Å². The van der Waals surface area contributed by atoms with Gasteiger partial charge >= 0.3 is 0 Å². The molecule has 30 heavy (non-hydrogen) atoms. The molecule has 3 aliphatic rings. The van der Waals surface area contributed by atoms with E-state index in [1.165, 1.54) is 32.1 Å². The summed E-state index contributed by atoms with van der Waals surface area (Å²) in [6.07, 6.45) is 9.83. The minimum Gasteiger partial charge on any atom is -0.402 e. The molecule has 8 nitrogen and oxygen atoms in total. The topological polar surface area (TPSA) is 119 Å². The van der Waals surface area contributed by atoms with Gasteiger partial charge in [0.1, 0.15) is 11.7 Å². The fourth-order valence-corrected chi connectivity index (χ4v) is 4.86. The van der Waals surface area contributed by atoms with Gasteiger partial charge in [0.15, 0.2) is 0 Å². The molecule has 1 aliphatic carbocycles. The molecule has 0 spiro atoms. The standard InChI is InChI=1S/C22H38N6O2/c1-4-22(14-29)13-28(11-10-19(22)26-17-8-6-5-7-9-17)20(24)18(12-15(2)23)21-25-16(3)27-30-21/h12,17,19,24,26,29H,4-11,13-14,23H2,1-3H3,(H,25,27)/b15-12-,21-18?,24-20?. The fourth-order valence-electron chi connectivity index (χ4n) is 4.86. The SMILES string of the molecule is CCC1(CO)CN(C(=N)C(/C=C(/C)N)=C2N=C(C)NO2)CCC1NC1CCCCC1. The highest BCUT2D eigenvalue weighted by Crippen LogP contribution is 2.36. The maximum absolute atomic E-state index is 10.4. The predicted octanol–water partition coefficient (Wildman–Crippen LogP) is 2.38. The summed E-state index contributed by atoms with van der Waals surface area (Å²) in [5.74, 6) is 1.33. The van der Waals surface area contributed by atoms with E-state index in [0.29, 0.717) is 41.4 Å². The highest BCUT2D eigenvalue weighted by atomic mass is 16.7. The number of hydrogen-bond donors (Lipinski definition) is 5. The third-order valence-electron chi connectivity index (χ3n) is 6.73. The first kappa shape index (κ1) is 22.6. The van der Waals surface area contributed by atoms with Crippen molar-refractivity contribution < 1.29 is 9.94 Å². The number of rotatable bonds is 6. The van der Waals surface area contributed by atoms with Gasteiger partial charge in [0.05, 0.1) is 12.2 Å². The Morgan fingerprint density at radius 3 is 2.70 bits per heavy atom. The number of nitrogens with two attached hydrogens (primary N) is 1. The Balaban J connectivity index is 1.80. The zero-order chi connectivity index (χ0) is 21.7. The Kier molecular flexibility index (Phi) is 7.41. The van der Waals surface area contributed by atoms with Crippen LogP contribution in [0.1, 0.15) is 65.7 Å². The molecule has 2 fully saturated rings. The lowest BCUT2D eigenvalue weighted by molar-refractivity contribution is 0.0158. The molecule has 1 saturated heterocycles. The van der Waals surface area contributed by atoms with Crippen LogP contribution in [0, 0.1) is 10.8 Å². The van der Waals surface area contributed by atoms with E-state index >= 15 is 0 Å². The number of likely N-dealkylation sites (tertiary alicyclic amines) is 1. The van der Waals surface area contributed by atoms with Crippen LogP contribution >= 0.6 is 0 Å². The summed E-state index contributed by atoms with van der Waals surface area (Å²) in [4.78, 5) is 11.9. The fraction of sp³-hybridized carbons (Fsp3) is 0.727. The molecule has 2 unspecified atom stereocenters. The lowest BCUT2D eigenvalue weighted by atomic mass is 9.73. The number of nitrogens with one attached hydrogen (secondary N) is 3. The highest BCUT2D eigenvalue weighted by molar-refractivity contribution is 5.99. The molecular weight excluding hydrogens is 380 g/mol. The monoisotopic (exact) mass is 418 g/mol. The first-order valence-corrected chi connectivity index (χ1v) is 11.3. The second kappa shape index (κ2) is 9.83. The number of nitrogens with zero attached hydrogens (tertiary/aromatic N) is 2. The molecule has 3 rings (SSSR count). The Morgan fingerprint density at radius 2 is 2.13 bits per heavy atom. The predicted molar refractivity (Wildman–Crippen MR) is 120 cm³/mol. The number of amidine groups is 2. The van der Waals surface area contributed by atoms with Crippen LogP contribution in [0.3, 0.4) is 0 Å². The number of aliphatic hydroxyl groups is 1. The average Bonchev–Trinajstić information content (AvgIpc) is 3.18. The van der Waals surface area contributed by atoms with E-state index in [-0.39, 0.29) is 18.1 Å². The van der Waals surface area contributed by atoms with E-state index in [0.717, 1.165) is 19.4 Å². The van der Waals surface area contributed by atoms with Crippen molar-refractivity contribution in [1.82, 2.24) is 15.7 Å². The molecule has 0 aromatic carbocycles. The van der Waals surface area contributed by atoms with Gasteiger partial charge in [-0.05, 0) is 45.6 Å². The number of piperidine rings is 1. The maximum atomic E-state index is 10.4. The number of aliphatic imine (C=N–C) groups is 1. The van der Waals surface area contributed by atoms with Gasteiger partial charge in [0.2, 0.25) is 0 Å². The van der Waals surface area contributed by atoms with E-state index in [1.54, 1.807) is 13.0 Å². The molecule has 0 aromatic rings. The third-order valence-corrected chi connectivity index (χ3v) is 6.73. The zero-order valence-electron chi connectivity index (χ0n) is 18.6. The average molecular weight is 419 g/mol. The summed E-state index contributed by atoms with van der Waals surface area (Å²) in [5.41, 5.74) is 9.52. The highest BCUT2D eigenvalue weighted by Gasteiger charge is 2.43. The van der Waals surface area contributed by atoms with Crippen LogP contribution < -0.4 is 16.5 Å². The first-order chi connectivity index (χ1) is 14.4. The van der Waals surface area contributed by atoms with Crippen LogP contribution in [-0.2, 0) is 4.84 Å². The molecule has 0 amide bonds. The summed E-state index contributed by atoms with van der Waals surface area (Å²) >= 11 is 0.